The van der Waals surface area contributed by atoms with Gasteiger partial charge in [-0.1, -0.05) is 25.4 Å². The molecule has 0 saturated heterocycles. The number of hydrogen-bond acceptors (Lipinski definition) is 5. The van der Waals surface area contributed by atoms with Crippen LogP contribution in [0.15, 0.2) is 6.33 Å². The van der Waals surface area contributed by atoms with Crippen LogP contribution in [0.2, 0.25) is 5.15 Å². The third-order valence-electron chi connectivity index (χ3n) is 2.77. The molecule has 0 N–H and O–H groups in total. The number of nitrogens with zero attached hydrogens (tertiary/aromatic N) is 4. The lowest BCUT2D eigenvalue weighted by atomic mass is 10.1. The number of nitro groups is 1. The van der Waals surface area contributed by atoms with Crippen molar-refractivity contribution in [2.45, 2.75) is 32.7 Å². The zero-order valence-corrected chi connectivity index (χ0v) is 10.8. The van der Waals surface area contributed by atoms with Crippen LogP contribution in [0.4, 0.5) is 11.5 Å². The molecule has 0 aliphatic rings. The van der Waals surface area contributed by atoms with Gasteiger partial charge in [-0.3, -0.25) is 10.1 Å². The van der Waals surface area contributed by atoms with Crippen molar-refractivity contribution in [1.29, 1.82) is 0 Å². The summed E-state index contributed by atoms with van der Waals surface area (Å²) >= 11 is 5.74. The van der Waals surface area contributed by atoms with E-state index in [0.29, 0.717) is 0 Å². The molecule has 0 aliphatic heterocycles. The van der Waals surface area contributed by atoms with Crippen molar-refractivity contribution in [2.75, 3.05) is 11.9 Å². The van der Waals surface area contributed by atoms with Crippen molar-refractivity contribution in [2.24, 2.45) is 0 Å². The highest BCUT2D eigenvalue weighted by Gasteiger charge is 2.26. The standard InChI is InChI=1S/C10H15ClN4O2/c1-4-7(5-2)14(3)10-8(15(16)17)9(11)12-6-13-10/h6-7H,4-5H2,1-3H3. The maximum absolute atomic E-state index is 11.0. The molecule has 94 valence electrons. The van der Waals surface area contributed by atoms with Crippen molar-refractivity contribution >= 4 is 23.1 Å². The fraction of sp³-hybridized carbons (Fsp3) is 0.600. The van der Waals surface area contributed by atoms with Crippen molar-refractivity contribution in [3.05, 3.63) is 21.6 Å². The van der Waals surface area contributed by atoms with Crippen LogP contribution >= 0.6 is 11.6 Å². The monoisotopic (exact) mass is 258 g/mol. The Balaban J connectivity index is 3.21. The van der Waals surface area contributed by atoms with Crippen LogP contribution in [0.3, 0.4) is 0 Å². The molecule has 0 unspecified atom stereocenters. The second kappa shape index (κ2) is 5.77. The number of rotatable bonds is 5. The van der Waals surface area contributed by atoms with Gasteiger partial charge >= 0.3 is 5.69 Å². The maximum Gasteiger partial charge on any atom is 0.348 e. The van der Waals surface area contributed by atoms with Gasteiger partial charge in [-0.25, -0.2) is 9.97 Å². The third kappa shape index (κ3) is 2.82. The Labute approximate surface area is 105 Å². The highest BCUT2D eigenvalue weighted by atomic mass is 35.5. The molecule has 0 aromatic carbocycles. The molecule has 1 aromatic rings. The minimum absolute atomic E-state index is 0.127. The van der Waals surface area contributed by atoms with E-state index in [9.17, 15) is 10.1 Å². The van der Waals surface area contributed by atoms with E-state index < -0.39 is 4.92 Å². The number of anilines is 1. The number of aromatic nitrogens is 2. The lowest BCUT2D eigenvalue weighted by molar-refractivity contribution is -0.384. The Hall–Kier alpha value is -1.43. The van der Waals surface area contributed by atoms with Crippen molar-refractivity contribution in [3.63, 3.8) is 0 Å². The van der Waals surface area contributed by atoms with Crippen molar-refractivity contribution in [1.82, 2.24) is 9.97 Å². The minimum Gasteiger partial charge on any atom is -0.351 e. The topological polar surface area (TPSA) is 72.2 Å². The number of hydrogen-bond donors (Lipinski definition) is 0. The van der Waals surface area contributed by atoms with Gasteiger partial charge in [-0.05, 0) is 12.8 Å². The highest BCUT2D eigenvalue weighted by molar-refractivity contribution is 6.31. The van der Waals surface area contributed by atoms with Crippen LogP contribution in [0.1, 0.15) is 26.7 Å². The van der Waals surface area contributed by atoms with Gasteiger partial charge in [0.05, 0.1) is 4.92 Å². The van der Waals surface area contributed by atoms with Gasteiger partial charge in [0.2, 0.25) is 11.0 Å². The molecule has 0 bridgehead atoms. The molecule has 17 heavy (non-hydrogen) atoms. The molecule has 0 atom stereocenters. The van der Waals surface area contributed by atoms with Crippen molar-refractivity contribution < 1.29 is 4.92 Å². The molecular weight excluding hydrogens is 244 g/mol. The van der Waals surface area contributed by atoms with Gasteiger partial charge in [-0.2, -0.15) is 0 Å². The van der Waals surface area contributed by atoms with E-state index in [1.807, 2.05) is 13.8 Å². The quantitative estimate of drug-likeness (QED) is 0.461. The summed E-state index contributed by atoms with van der Waals surface area (Å²) in [7, 11) is 1.78. The van der Waals surface area contributed by atoms with E-state index in [1.54, 1.807) is 11.9 Å². The summed E-state index contributed by atoms with van der Waals surface area (Å²) in [6.45, 7) is 4.05. The Morgan fingerprint density at radius 2 is 2.06 bits per heavy atom. The minimum atomic E-state index is -0.545. The van der Waals surface area contributed by atoms with Gasteiger partial charge in [-0.15, -0.1) is 0 Å². The lowest BCUT2D eigenvalue weighted by Crippen LogP contribution is -2.31. The van der Waals surface area contributed by atoms with Crippen molar-refractivity contribution in [3.8, 4) is 0 Å². The van der Waals surface area contributed by atoms with Gasteiger partial charge < -0.3 is 4.90 Å². The average molecular weight is 259 g/mol. The van der Waals surface area contributed by atoms with Crippen LogP contribution in [0.25, 0.3) is 0 Å². The van der Waals surface area contributed by atoms with Crippen LogP contribution in [0, 0.1) is 10.1 Å². The summed E-state index contributed by atoms with van der Waals surface area (Å²) in [6, 6.07) is 0.194. The summed E-state index contributed by atoms with van der Waals surface area (Å²) in [5.74, 6) is 0.267. The van der Waals surface area contributed by atoms with Crippen LogP contribution in [0.5, 0.6) is 0 Å². The van der Waals surface area contributed by atoms with Gasteiger partial charge in [0.25, 0.3) is 0 Å². The molecule has 0 saturated carbocycles. The molecule has 1 rings (SSSR count). The first-order valence-electron chi connectivity index (χ1n) is 5.40. The Bertz CT molecular complexity index is 409. The summed E-state index contributed by atoms with van der Waals surface area (Å²) < 4.78 is 0. The Morgan fingerprint density at radius 1 is 1.47 bits per heavy atom. The molecule has 1 heterocycles. The van der Waals surface area contributed by atoms with E-state index in [0.717, 1.165) is 12.8 Å². The third-order valence-corrected chi connectivity index (χ3v) is 3.04. The smallest absolute Gasteiger partial charge is 0.348 e. The summed E-state index contributed by atoms with van der Waals surface area (Å²) in [4.78, 5) is 19.8. The first-order chi connectivity index (χ1) is 8.02. The van der Waals surface area contributed by atoms with E-state index in [-0.39, 0.29) is 22.7 Å². The van der Waals surface area contributed by atoms with E-state index in [1.165, 1.54) is 6.33 Å². The highest BCUT2D eigenvalue weighted by Crippen LogP contribution is 2.32. The first-order valence-corrected chi connectivity index (χ1v) is 5.78. The van der Waals surface area contributed by atoms with Crippen LogP contribution < -0.4 is 4.90 Å². The predicted octanol–water partition coefficient (Wildman–Crippen LogP) is 2.66. The van der Waals surface area contributed by atoms with Crippen LogP contribution in [-0.4, -0.2) is 28.0 Å². The summed E-state index contributed by atoms with van der Waals surface area (Å²) in [6.07, 6.45) is 3.00. The van der Waals surface area contributed by atoms with E-state index in [4.69, 9.17) is 11.6 Å². The Morgan fingerprint density at radius 3 is 2.53 bits per heavy atom. The normalized spacial score (nSPS) is 10.6. The lowest BCUT2D eigenvalue weighted by Gasteiger charge is -2.26. The molecular formula is C10H15ClN4O2. The molecule has 0 fully saturated rings. The maximum atomic E-state index is 11.0. The number of halogens is 1. The van der Waals surface area contributed by atoms with Crippen LogP contribution in [-0.2, 0) is 0 Å². The molecule has 0 radical (unpaired) electrons. The molecule has 1 aromatic heterocycles. The second-order valence-electron chi connectivity index (χ2n) is 3.68. The molecule has 7 heteroatoms. The summed E-state index contributed by atoms with van der Waals surface area (Å²) in [5.41, 5.74) is -0.233. The van der Waals surface area contributed by atoms with Gasteiger partial charge in [0.1, 0.15) is 6.33 Å². The molecule has 0 amide bonds. The SMILES string of the molecule is CCC(CC)N(C)c1ncnc(Cl)c1[N+](=O)[O-]. The second-order valence-corrected chi connectivity index (χ2v) is 4.03. The largest absolute Gasteiger partial charge is 0.351 e. The summed E-state index contributed by atoms with van der Waals surface area (Å²) in [5, 5.41) is 10.8. The van der Waals surface area contributed by atoms with Gasteiger partial charge in [0.15, 0.2) is 0 Å². The fourth-order valence-electron chi connectivity index (χ4n) is 1.77. The van der Waals surface area contributed by atoms with E-state index >= 15 is 0 Å². The van der Waals surface area contributed by atoms with Gasteiger partial charge in [0, 0.05) is 13.1 Å². The zero-order valence-electron chi connectivity index (χ0n) is 10.1. The first kappa shape index (κ1) is 13.6. The van der Waals surface area contributed by atoms with E-state index in [2.05, 4.69) is 9.97 Å². The molecule has 6 nitrogen and oxygen atoms in total. The average Bonchev–Trinajstić information content (AvgIpc) is 2.29. The predicted molar refractivity (Wildman–Crippen MR) is 66.5 cm³/mol. The fourth-order valence-corrected chi connectivity index (χ4v) is 1.97. The molecule has 0 aliphatic carbocycles. The molecule has 0 spiro atoms. The zero-order chi connectivity index (χ0) is 13.0. The Kier molecular flexibility index (Phi) is 4.62.